The first-order valence-corrected chi connectivity index (χ1v) is 9.06. The van der Waals surface area contributed by atoms with Crippen molar-refractivity contribution in [3.63, 3.8) is 0 Å². The van der Waals surface area contributed by atoms with E-state index in [2.05, 4.69) is 29.4 Å². The van der Waals surface area contributed by atoms with E-state index in [9.17, 15) is 4.79 Å². The average molecular weight is 340 g/mol. The number of nitrogens with zero attached hydrogens (tertiary/aromatic N) is 1. The molecular weight excluding hydrogens is 310 g/mol. The number of urea groups is 1. The van der Waals surface area contributed by atoms with Crippen molar-refractivity contribution in [3.8, 4) is 0 Å². The van der Waals surface area contributed by atoms with E-state index >= 15 is 0 Å². The molecule has 0 saturated heterocycles. The summed E-state index contributed by atoms with van der Waals surface area (Å²) in [4.78, 5) is 14.3. The number of amides is 2. The van der Waals surface area contributed by atoms with Crippen molar-refractivity contribution in [1.29, 1.82) is 0 Å². The van der Waals surface area contributed by atoms with Gasteiger partial charge in [-0.25, -0.2) is 4.79 Å². The van der Waals surface area contributed by atoms with E-state index in [-0.39, 0.29) is 6.03 Å². The fraction of sp³-hybridized carbons (Fsp3) is 0.611. The molecule has 5 heteroatoms. The van der Waals surface area contributed by atoms with Gasteiger partial charge in [-0.3, -0.25) is 0 Å². The summed E-state index contributed by atoms with van der Waals surface area (Å²) in [6.07, 6.45) is 5.90. The summed E-state index contributed by atoms with van der Waals surface area (Å²) in [5.41, 5.74) is 0.711. The Labute approximate surface area is 145 Å². The molecule has 1 aromatic carbocycles. The van der Waals surface area contributed by atoms with Crippen molar-refractivity contribution in [2.45, 2.75) is 46.0 Å². The SMILES string of the molecule is CCCCN(CCCC)CCCNC(=O)Nc1cccc(Cl)c1. The maximum atomic E-state index is 11.8. The van der Waals surface area contributed by atoms with Gasteiger partial charge in [0.25, 0.3) is 0 Å². The zero-order chi connectivity index (χ0) is 16.9. The second-order valence-electron chi connectivity index (χ2n) is 5.79. The minimum absolute atomic E-state index is 0.180. The van der Waals surface area contributed by atoms with E-state index in [0.29, 0.717) is 17.3 Å². The quantitative estimate of drug-likeness (QED) is 0.571. The van der Waals surface area contributed by atoms with Crippen LogP contribution in [0.25, 0.3) is 0 Å². The monoisotopic (exact) mass is 339 g/mol. The first-order valence-electron chi connectivity index (χ1n) is 8.68. The van der Waals surface area contributed by atoms with Gasteiger partial charge in [0, 0.05) is 17.3 Å². The minimum atomic E-state index is -0.180. The molecule has 0 fully saturated rings. The van der Waals surface area contributed by atoms with Crippen LogP contribution >= 0.6 is 11.6 Å². The summed E-state index contributed by atoms with van der Waals surface area (Å²) in [5, 5.41) is 6.31. The predicted octanol–water partition coefficient (Wildman–Crippen LogP) is 4.75. The van der Waals surface area contributed by atoms with Crippen LogP contribution in [-0.4, -0.2) is 37.1 Å². The smallest absolute Gasteiger partial charge is 0.319 e. The normalized spacial score (nSPS) is 10.8. The van der Waals surface area contributed by atoms with Crippen LogP contribution in [0.2, 0.25) is 5.02 Å². The van der Waals surface area contributed by atoms with Crippen LogP contribution in [0.1, 0.15) is 46.0 Å². The van der Waals surface area contributed by atoms with Gasteiger partial charge < -0.3 is 15.5 Å². The number of carbonyl (C=O) groups is 1. The average Bonchev–Trinajstić information content (AvgIpc) is 2.53. The molecule has 0 unspecified atom stereocenters. The van der Waals surface area contributed by atoms with Crippen LogP contribution in [0.15, 0.2) is 24.3 Å². The molecule has 0 atom stereocenters. The number of rotatable bonds is 11. The minimum Gasteiger partial charge on any atom is -0.338 e. The topological polar surface area (TPSA) is 44.4 Å². The molecule has 0 spiro atoms. The molecule has 0 aliphatic carbocycles. The molecule has 2 amide bonds. The number of unbranched alkanes of at least 4 members (excludes halogenated alkanes) is 2. The van der Waals surface area contributed by atoms with Crippen molar-refractivity contribution < 1.29 is 4.79 Å². The van der Waals surface area contributed by atoms with Gasteiger partial charge in [0.2, 0.25) is 0 Å². The lowest BCUT2D eigenvalue weighted by Crippen LogP contribution is -2.33. The molecule has 0 heterocycles. The van der Waals surface area contributed by atoms with Crippen LogP contribution in [0.4, 0.5) is 10.5 Å². The predicted molar refractivity (Wildman–Crippen MR) is 99.3 cm³/mol. The van der Waals surface area contributed by atoms with Crippen molar-refractivity contribution in [2.75, 3.05) is 31.5 Å². The van der Waals surface area contributed by atoms with Crippen LogP contribution < -0.4 is 10.6 Å². The Morgan fingerprint density at radius 3 is 2.35 bits per heavy atom. The summed E-state index contributed by atoms with van der Waals surface area (Å²) in [7, 11) is 0. The van der Waals surface area contributed by atoms with E-state index in [1.54, 1.807) is 12.1 Å². The van der Waals surface area contributed by atoms with E-state index in [0.717, 1.165) is 26.1 Å². The van der Waals surface area contributed by atoms with E-state index in [4.69, 9.17) is 11.6 Å². The van der Waals surface area contributed by atoms with Gasteiger partial charge in [0.1, 0.15) is 0 Å². The number of hydrogen-bond acceptors (Lipinski definition) is 2. The highest BCUT2D eigenvalue weighted by molar-refractivity contribution is 6.30. The second-order valence-corrected chi connectivity index (χ2v) is 6.23. The lowest BCUT2D eigenvalue weighted by Gasteiger charge is -2.21. The van der Waals surface area contributed by atoms with Crippen LogP contribution in [0, 0.1) is 0 Å². The third-order valence-corrected chi connectivity index (χ3v) is 3.91. The molecule has 4 nitrogen and oxygen atoms in total. The molecule has 23 heavy (non-hydrogen) atoms. The lowest BCUT2D eigenvalue weighted by molar-refractivity contribution is 0.246. The summed E-state index contributed by atoms with van der Waals surface area (Å²) >= 11 is 5.90. The zero-order valence-electron chi connectivity index (χ0n) is 14.4. The highest BCUT2D eigenvalue weighted by atomic mass is 35.5. The second kappa shape index (κ2) is 12.2. The van der Waals surface area contributed by atoms with Crippen LogP contribution in [0.3, 0.4) is 0 Å². The summed E-state index contributed by atoms with van der Waals surface area (Å²) in [5.74, 6) is 0. The van der Waals surface area contributed by atoms with Gasteiger partial charge >= 0.3 is 6.03 Å². The summed E-state index contributed by atoms with van der Waals surface area (Å²) in [6.45, 7) is 8.48. The Hall–Kier alpha value is -1.26. The highest BCUT2D eigenvalue weighted by Gasteiger charge is 2.05. The van der Waals surface area contributed by atoms with Crippen LogP contribution in [-0.2, 0) is 0 Å². The fourth-order valence-corrected chi connectivity index (χ4v) is 2.54. The number of nitrogens with one attached hydrogen (secondary N) is 2. The fourth-order valence-electron chi connectivity index (χ4n) is 2.34. The van der Waals surface area contributed by atoms with E-state index in [1.165, 1.54) is 25.7 Å². The molecule has 0 aromatic heterocycles. The standard InChI is InChI=1S/C18H30ClN3O/c1-3-5-12-22(13-6-4-2)14-8-11-20-18(23)21-17-10-7-9-16(19)15-17/h7,9-10,15H,3-6,8,11-14H2,1-2H3,(H2,20,21,23). The Kier molecular flexibility index (Phi) is 10.5. The number of hydrogen-bond donors (Lipinski definition) is 2. The van der Waals surface area contributed by atoms with E-state index in [1.807, 2.05) is 12.1 Å². The summed E-state index contributed by atoms with van der Waals surface area (Å²) in [6, 6.07) is 6.98. The molecular formula is C18H30ClN3O. The first kappa shape index (κ1) is 19.8. The molecule has 0 radical (unpaired) electrons. The molecule has 1 aromatic rings. The van der Waals surface area contributed by atoms with Gasteiger partial charge in [-0.15, -0.1) is 0 Å². The molecule has 0 aliphatic heterocycles. The Balaban J connectivity index is 2.22. The van der Waals surface area contributed by atoms with Crippen molar-refractivity contribution in [2.24, 2.45) is 0 Å². The van der Waals surface area contributed by atoms with Gasteiger partial charge in [0.15, 0.2) is 0 Å². The van der Waals surface area contributed by atoms with Gasteiger partial charge in [-0.1, -0.05) is 44.4 Å². The molecule has 2 N–H and O–H groups in total. The number of anilines is 1. The van der Waals surface area contributed by atoms with Crippen molar-refractivity contribution in [3.05, 3.63) is 29.3 Å². The van der Waals surface area contributed by atoms with Crippen molar-refractivity contribution in [1.82, 2.24) is 10.2 Å². The Morgan fingerprint density at radius 1 is 1.09 bits per heavy atom. The molecule has 0 aliphatic rings. The Morgan fingerprint density at radius 2 is 1.74 bits per heavy atom. The molecule has 0 saturated carbocycles. The maximum absolute atomic E-state index is 11.8. The lowest BCUT2D eigenvalue weighted by atomic mass is 10.2. The molecule has 1 rings (SSSR count). The third-order valence-electron chi connectivity index (χ3n) is 3.67. The first-order chi connectivity index (χ1) is 11.2. The van der Waals surface area contributed by atoms with Gasteiger partial charge in [-0.05, 0) is 57.1 Å². The Bertz CT molecular complexity index is 446. The van der Waals surface area contributed by atoms with Gasteiger partial charge in [-0.2, -0.15) is 0 Å². The summed E-state index contributed by atoms with van der Waals surface area (Å²) < 4.78 is 0. The van der Waals surface area contributed by atoms with Gasteiger partial charge in [0.05, 0.1) is 0 Å². The highest BCUT2D eigenvalue weighted by Crippen LogP contribution is 2.14. The largest absolute Gasteiger partial charge is 0.338 e. The van der Waals surface area contributed by atoms with Crippen molar-refractivity contribution >= 4 is 23.3 Å². The third kappa shape index (κ3) is 9.47. The number of carbonyl (C=O) groups excluding carboxylic acids is 1. The zero-order valence-corrected chi connectivity index (χ0v) is 15.2. The number of halogens is 1. The molecule has 130 valence electrons. The number of benzene rings is 1. The molecule has 0 bridgehead atoms. The maximum Gasteiger partial charge on any atom is 0.319 e. The van der Waals surface area contributed by atoms with Crippen LogP contribution in [0.5, 0.6) is 0 Å². The van der Waals surface area contributed by atoms with E-state index < -0.39 is 0 Å².